The highest BCUT2D eigenvalue weighted by molar-refractivity contribution is 5.93. The van der Waals surface area contributed by atoms with Gasteiger partial charge in [-0.05, 0) is 30.5 Å². The van der Waals surface area contributed by atoms with E-state index in [1.165, 1.54) is 0 Å². The van der Waals surface area contributed by atoms with Crippen LogP contribution in [0.15, 0.2) is 24.3 Å². The monoisotopic (exact) mass is 321 g/mol. The molecule has 0 atom stereocenters. The van der Waals surface area contributed by atoms with Gasteiger partial charge >= 0.3 is 6.03 Å². The SMILES string of the molecule is CCC(=O)Nc1cccc(NC(=O)NCCOCCC(C)C)c1. The van der Waals surface area contributed by atoms with Crippen molar-refractivity contribution in [2.45, 2.75) is 33.6 Å². The van der Waals surface area contributed by atoms with E-state index in [4.69, 9.17) is 4.74 Å². The first-order valence-electron chi connectivity index (χ1n) is 8.03. The standard InChI is InChI=1S/C17H27N3O3/c1-4-16(21)19-14-6-5-7-15(12-14)20-17(22)18-9-11-23-10-8-13(2)3/h5-7,12-13H,4,8-11H2,1-3H3,(H,19,21)(H2,18,20,22). The van der Waals surface area contributed by atoms with Crippen LogP contribution in [0.5, 0.6) is 0 Å². The Labute approximate surface area is 138 Å². The van der Waals surface area contributed by atoms with Crippen LogP contribution in [0.25, 0.3) is 0 Å². The van der Waals surface area contributed by atoms with Gasteiger partial charge in [0.25, 0.3) is 0 Å². The number of rotatable bonds is 9. The van der Waals surface area contributed by atoms with Gasteiger partial charge in [-0.25, -0.2) is 4.79 Å². The summed E-state index contributed by atoms with van der Waals surface area (Å²) in [5, 5.41) is 8.20. The second-order valence-corrected chi connectivity index (χ2v) is 5.66. The Hall–Kier alpha value is -2.08. The number of ether oxygens (including phenoxy) is 1. The summed E-state index contributed by atoms with van der Waals surface area (Å²) in [5.74, 6) is 0.553. The van der Waals surface area contributed by atoms with E-state index in [0.29, 0.717) is 43.5 Å². The fourth-order valence-corrected chi connectivity index (χ4v) is 1.76. The minimum Gasteiger partial charge on any atom is -0.380 e. The van der Waals surface area contributed by atoms with Crippen LogP contribution < -0.4 is 16.0 Å². The molecular weight excluding hydrogens is 294 g/mol. The van der Waals surface area contributed by atoms with Gasteiger partial charge in [-0.15, -0.1) is 0 Å². The third-order valence-electron chi connectivity index (χ3n) is 3.10. The summed E-state index contributed by atoms with van der Waals surface area (Å²) in [7, 11) is 0. The van der Waals surface area contributed by atoms with E-state index in [0.717, 1.165) is 6.42 Å². The van der Waals surface area contributed by atoms with Crippen molar-refractivity contribution in [3.05, 3.63) is 24.3 Å². The third kappa shape index (κ3) is 8.83. The van der Waals surface area contributed by atoms with Gasteiger partial charge in [0.05, 0.1) is 6.61 Å². The summed E-state index contributed by atoms with van der Waals surface area (Å²) in [6, 6.07) is 6.73. The zero-order valence-electron chi connectivity index (χ0n) is 14.1. The van der Waals surface area contributed by atoms with Crippen LogP contribution >= 0.6 is 0 Å². The Morgan fingerprint density at radius 2 is 1.83 bits per heavy atom. The van der Waals surface area contributed by atoms with E-state index in [-0.39, 0.29) is 11.9 Å². The molecule has 0 aliphatic heterocycles. The maximum absolute atomic E-state index is 11.8. The summed E-state index contributed by atoms with van der Waals surface area (Å²) in [4.78, 5) is 23.1. The third-order valence-corrected chi connectivity index (χ3v) is 3.10. The number of benzene rings is 1. The van der Waals surface area contributed by atoms with Crippen molar-refractivity contribution in [1.82, 2.24) is 5.32 Å². The average Bonchev–Trinajstić information content (AvgIpc) is 2.50. The van der Waals surface area contributed by atoms with Gasteiger partial charge < -0.3 is 20.7 Å². The van der Waals surface area contributed by atoms with E-state index in [2.05, 4.69) is 29.8 Å². The van der Waals surface area contributed by atoms with Gasteiger partial charge in [0, 0.05) is 30.9 Å². The molecule has 0 bridgehead atoms. The molecule has 0 spiro atoms. The summed E-state index contributed by atoms with van der Waals surface area (Å²) < 4.78 is 5.43. The second kappa shape index (κ2) is 10.6. The highest BCUT2D eigenvalue weighted by Crippen LogP contribution is 2.15. The summed E-state index contributed by atoms with van der Waals surface area (Å²) in [5.41, 5.74) is 1.28. The summed E-state index contributed by atoms with van der Waals surface area (Å²) in [6.45, 7) is 7.73. The second-order valence-electron chi connectivity index (χ2n) is 5.66. The molecule has 128 valence electrons. The van der Waals surface area contributed by atoms with Gasteiger partial charge in [0.15, 0.2) is 0 Å². The van der Waals surface area contributed by atoms with Crippen molar-refractivity contribution in [3.8, 4) is 0 Å². The van der Waals surface area contributed by atoms with Crippen LogP contribution in [-0.2, 0) is 9.53 Å². The molecule has 0 unspecified atom stereocenters. The number of carbonyl (C=O) groups is 2. The van der Waals surface area contributed by atoms with Crippen LogP contribution in [0.2, 0.25) is 0 Å². The number of amides is 3. The van der Waals surface area contributed by atoms with Crippen LogP contribution in [0, 0.1) is 5.92 Å². The fraction of sp³-hybridized carbons (Fsp3) is 0.529. The van der Waals surface area contributed by atoms with Crippen molar-refractivity contribution in [2.24, 2.45) is 5.92 Å². The van der Waals surface area contributed by atoms with Crippen molar-refractivity contribution in [2.75, 3.05) is 30.4 Å². The number of carbonyl (C=O) groups excluding carboxylic acids is 2. The zero-order chi connectivity index (χ0) is 17.1. The fourth-order valence-electron chi connectivity index (χ4n) is 1.76. The first-order chi connectivity index (χ1) is 11.0. The average molecular weight is 321 g/mol. The molecule has 23 heavy (non-hydrogen) atoms. The van der Waals surface area contributed by atoms with Gasteiger partial charge in [-0.3, -0.25) is 4.79 Å². The molecular formula is C17H27N3O3. The molecule has 0 saturated heterocycles. The Morgan fingerprint density at radius 3 is 2.48 bits per heavy atom. The van der Waals surface area contributed by atoms with Gasteiger partial charge in [0.1, 0.15) is 0 Å². The maximum atomic E-state index is 11.8. The van der Waals surface area contributed by atoms with Crippen molar-refractivity contribution >= 4 is 23.3 Å². The van der Waals surface area contributed by atoms with Crippen LogP contribution in [0.3, 0.4) is 0 Å². The van der Waals surface area contributed by atoms with Crippen LogP contribution in [0.1, 0.15) is 33.6 Å². The smallest absolute Gasteiger partial charge is 0.319 e. The number of hydrogen-bond acceptors (Lipinski definition) is 3. The number of urea groups is 1. The van der Waals surface area contributed by atoms with E-state index in [1.54, 1.807) is 31.2 Å². The molecule has 3 N–H and O–H groups in total. The van der Waals surface area contributed by atoms with E-state index >= 15 is 0 Å². The Balaban J connectivity index is 2.28. The molecule has 0 aliphatic carbocycles. The zero-order valence-corrected chi connectivity index (χ0v) is 14.1. The van der Waals surface area contributed by atoms with Gasteiger partial charge in [-0.1, -0.05) is 26.8 Å². The molecule has 0 radical (unpaired) electrons. The molecule has 1 rings (SSSR count). The highest BCUT2D eigenvalue weighted by Gasteiger charge is 2.03. The lowest BCUT2D eigenvalue weighted by atomic mass is 10.1. The molecule has 1 aromatic rings. The summed E-state index contributed by atoms with van der Waals surface area (Å²) >= 11 is 0. The maximum Gasteiger partial charge on any atom is 0.319 e. The van der Waals surface area contributed by atoms with Crippen molar-refractivity contribution in [3.63, 3.8) is 0 Å². The molecule has 6 heteroatoms. The molecule has 0 aromatic heterocycles. The predicted octanol–water partition coefficient (Wildman–Crippen LogP) is 3.22. The molecule has 6 nitrogen and oxygen atoms in total. The molecule has 0 heterocycles. The van der Waals surface area contributed by atoms with Gasteiger partial charge in [-0.2, -0.15) is 0 Å². The molecule has 0 saturated carbocycles. The lowest BCUT2D eigenvalue weighted by molar-refractivity contribution is -0.115. The molecule has 0 aliphatic rings. The molecule has 0 fully saturated rings. The molecule has 3 amide bonds. The quantitative estimate of drug-likeness (QED) is 0.611. The van der Waals surface area contributed by atoms with Crippen molar-refractivity contribution in [1.29, 1.82) is 0 Å². The molecule has 1 aromatic carbocycles. The number of anilines is 2. The van der Waals surface area contributed by atoms with Crippen LogP contribution in [-0.4, -0.2) is 31.7 Å². The highest BCUT2D eigenvalue weighted by atomic mass is 16.5. The first-order valence-corrected chi connectivity index (χ1v) is 8.03. The lowest BCUT2D eigenvalue weighted by Gasteiger charge is -2.10. The van der Waals surface area contributed by atoms with E-state index in [1.807, 2.05) is 0 Å². The number of hydrogen-bond donors (Lipinski definition) is 3. The van der Waals surface area contributed by atoms with E-state index in [9.17, 15) is 9.59 Å². The lowest BCUT2D eigenvalue weighted by Crippen LogP contribution is -2.31. The van der Waals surface area contributed by atoms with Gasteiger partial charge in [0.2, 0.25) is 5.91 Å². The Morgan fingerprint density at radius 1 is 1.13 bits per heavy atom. The topological polar surface area (TPSA) is 79.5 Å². The van der Waals surface area contributed by atoms with Crippen molar-refractivity contribution < 1.29 is 14.3 Å². The Kier molecular flexibility index (Phi) is 8.75. The minimum absolute atomic E-state index is 0.0647. The first kappa shape index (κ1) is 19.0. The summed E-state index contributed by atoms with van der Waals surface area (Å²) in [6.07, 6.45) is 1.43. The van der Waals surface area contributed by atoms with Crippen LogP contribution in [0.4, 0.5) is 16.2 Å². The Bertz CT molecular complexity index is 504. The largest absolute Gasteiger partial charge is 0.380 e. The minimum atomic E-state index is -0.295. The number of nitrogens with one attached hydrogen (secondary N) is 3. The van der Waals surface area contributed by atoms with E-state index < -0.39 is 0 Å². The normalized spacial score (nSPS) is 10.4. The predicted molar refractivity (Wildman–Crippen MR) is 92.7 cm³/mol.